The van der Waals surface area contributed by atoms with Gasteiger partial charge in [0.05, 0.1) is 5.69 Å². The lowest BCUT2D eigenvalue weighted by atomic mass is 9.86. The summed E-state index contributed by atoms with van der Waals surface area (Å²) in [5.74, 6) is 7.76. The number of aliphatic imine (C=N–C) groups is 1. The van der Waals surface area contributed by atoms with Gasteiger partial charge in [0.2, 0.25) is 5.96 Å². The van der Waals surface area contributed by atoms with Gasteiger partial charge in [-0.3, -0.25) is 5.43 Å². The Kier molecular flexibility index (Phi) is 4.43. The van der Waals surface area contributed by atoms with E-state index in [9.17, 15) is 0 Å². The summed E-state index contributed by atoms with van der Waals surface area (Å²) in [6, 6.07) is 10.4. The fraction of sp³-hybridized carbons (Fsp3) is 0.533. The second kappa shape index (κ2) is 6.06. The van der Waals surface area contributed by atoms with Crippen molar-refractivity contribution in [2.75, 3.05) is 6.54 Å². The molecule has 0 aromatic heterocycles. The standard InChI is InChI=1S/C15H24N4/c1-11-9-12(2)13(3)19(10-11)15(18-16)17-14-7-5-4-6-8-14/h4-8,11-13H,9-10,16H2,1-3H3,(H,17,18). The van der Waals surface area contributed by atoms with Crippen LogP contribution < -0.4 is 11.3 Å². The van der Waals surface area contributed by atoms with E-state index < -0.39 is 0 Å². The Bertz CT molecular complexity index is 429. The number of hydrazine groups is 1. The van der Waals surface area contributed by atoms with E-state index in [2.05, 4.69) is 36.1 Å². The number of likely N-dealkylation sites (tertiary alicyclic amines) is 1. The van der Waals surface area contributed by atoms with Crippen molar-refractivity contribution in [3.05, 3.63) is 30.3 Å². The summed E-state index contributed by atoms with van der Waals surface area (Å²) >= 11 is 0. The van der Waals surface area contributed by atoms with Crippen molar-refractivity contribution in [3.63, 3.8) is 0 Å². The highest BCUT2D eigenvalue weighted by molar-refractivity contribution is 5.82. The van der Waals surface area contributed by atoms with Crippen LogP contribution in [0, 0.1) is 11.8 Å². The van der Waals surface area contributed by atoms with E-state index in [1.807, 2.05) is 30.3 Å². The minimum absolute atomic E-state index is 0.453. The summed E-state index contributed by atoms with van der Waals surface area (Å²) in [6.07, 6.45) is 1.26. The fourth-order valence-corrected chi connectivity index (χ4v) is 2.80. The van der Waals surface area contributed by atoms with Crippen molar-refractivity contribution in [1.82, 2.24) is 10.3 Å². The number of hydrogen-bond acceptors (Lipinski definition) is 2. The molecule has 4 nitrogen and oxygen atoms in total. The molecule has 1 aromatic carbocycles. The number of nitrogens with zero attached hydrogens (tertiary/aromatic N) is 2. The van der Waals surface area contributed by atoms with Crippen LogP contribution in [-0.4, -0.2) is 23.4 Å². The van der Waals surface area contributed by atoms with Crippen LogP contribution >= 0.6 is 0 Å². The number of nitrogens with two attached hydrogens (primary N) is 1. The molecule has 3 unspecified atom stereocenters. The van der Waals surface area contributed by atoms with Gasteiger partial charge in [0, 0.05) is 12.6 Å². The molecule has 0 amide bonds. The third kappa shape index (κ3) is 3.26. The Morgan fingerprint density at radius 1 is 1.26 bits per heavy atom. The molecule has 1 aliphatic heterocycles. The molecule has 0 radical (unpaired) electrons. The average molecular weight is 260 g/mol. The average Bonchev–Trinajstić information content (AvgIpc) is 2.41. The molecule has 4 heteroatoms. The highest BCUT2D eigenvalue weighted by Gasteiger charge is 2.30. The van der Waals surface area contributed by atoms with Crippen molar-refractivity contribution in [1.29, 1.82) is 0 Å². The molecule has 2 rings (SSSR count). The Labute approximate surface area is 115 Å². The number of nitrogens with one attached hydrogen (secondary N) is 1. The van der Waals surface area contributed by atoms with Gasteiger partial charge in [0.15, 0.2) is 0 Å². The molecule has 0 saturated carbocycles. The third-order valence-corrected chi connectivity index (χ3v) is 3.99. The molecular weight excluding hydrogens is 236 g/mol. The zero-order valence-corrected chi connectivity index (χ0v) is 12.0. The molecule has 0 aliphatic carbocycles. The summed E-state index contributed by atoms with van der Waals surface area (Å²) in [4.78, 5) is 6.91. The first-order valence-electron chi connectivity index (χ1n) is 6.98. The predicted octanol–water partition coefficient (Wildman–Crippen LogP) is 2.50. The number of rotatable bonds is 1. The van der Waals surface area contributed by atoms with Crippen molar-refractivity contribution >= 4 is 11.6 Å². The molecule has 3 N–H and O–H groups in total. The maximum atomic E-state index is 5.68. The fourth-order valence-electron chi connectivity index (χ4n) is 2.80. The highest BCUT2D eigenvalue weighted by atomic mass is 15.4. The number of benzene rings is 1. The van der Waals surface area contributed by atoms with Crippen molar-refractivity contribution in [2.45, 2.75) is 33.2 Å². The van der Waals surface area contributed by atoms with Crippen LogP contribution in [0.25, 0.3) is 0 Å². The molecule has 19 heavy (non-hydrogen) atoms. The van der Waals surface area contributed by atoms with Gasteiger partial charge in [-0.1, -0.05) is 32.0 Å². The van der Waals surface area contributed by atoms with E-state index in [-0.39, 0.29) is 0 Å². The number of hydrogen-bond donors (Lipinski definition) is 2. The predicted molar refractivity (Wildman–Crippen MR) is 80.0 cm³/mol. The molecule has 1 heterocycles. The summed E-state index contributed by atoms with van der Waals surface area (Å²) < 4.78 is 0. The lowest BCUT2D eigenvalue weighted by molar-refractivity contribution is 0.143. The second-order valence-electron chi connectivity index (χ2n) is 5.63. The molecule has 104 valence electrons. The summed E-state index contributed by atoms with van der Waals surface area (Å²) in [5.41, 5.74) is 3.69. The van der Waals surface area contributed by atoms with Gasteiger partial charge in [-0.25, -0.2) is 10.8 Å². The molecule has 1 aromatic rings. The highest BCUT2D eigenvalue weighted by Crippen LogP contribution is 2.27. The smallest absolute Gasteiger partial charge is 0.213 e. The van der Waals surface area contributed by atoms with Gasteiger partial charge < -0.3 is 4.90 Å². The first-order valence-corrected chi connectivity index (χ1v) is 6.98. The van der Waals surface area contributed by atoms with E-state index in [0.717, 1.165) is 18.2 Å². The van der Waals surface area contributed by atoms with Gasteiger partial charge >= 0.3 is 0 Å². The quantitative estimate of drug-likeness (QED) is 0.353. The van der Waals surface area contributed by atoms with Gasteiger partial charge in [0.1, 0.15) is 0 Å². The number of piperidine rings is 1. The van der Waals surface area contributed by atoms with E-state index in [4.69, 9.17) is 5.84 Å². The Morgan fingerprint density at radius 3 is 2.58 bits per heavy atom. The molecule has 0 bridgehead atoms. The minimum Gasteiger partial charge on any atom is -0.338 e. The van der Waals surface area contributed by atoms with Crippen LogP contribution in [0.15, 0.2) is 35.3 Å². The zero-order chi connectivity index (χ0) is 13.8. The topological polar surface area (TPSA) is 53.6 Å². The van der Waals surface area contributed by atoms with Crippen LogP contribution in [0.4, 0.5) is 5.69 Å². The molecule has 0 spiro atoms. The first-order chi connectivity index (χ1) is 9.11. The van der Waals surface area contributed by atoms with Crippen LogP contribution in [-0.2, 0) is 0 Å². The molecule has 1 saturated heterocycles. The van der Waals surface area contributed by atoms with Crippen LogP contribution in [0.2, 0.25) is 0 Å². The first kappa shape index (κ1) is 13.9. The van der Waals surface area contributed by atoms with E-state index >= 15 is 0 Å². The van der Waals surface area contributed by atoms with Crippen molar-refractivity contribution in [3.8, 4) is 0 Å². The lowest BCUT2D eigenvalue weighted by Crippen LogP contribution is -2.54. The van der Waals surface area contributed by atoms with E-state index in [0.29, 0.717) is 17.9 Å². The number of guanidine groups is 1. The van der Waals surface area contributed by atoms with E-state index in [1.54, 1.807) is 0 Å². The van der Waals surface area contributed by atoms with Gasteiger partial charge in [-0.05, 0) is 37.3 Å². The van der Waals surface area contributed by atoms with Crippen molar-refractivity contribution < 1.29 is 0 Å². The maximum Gasteiger partial charge on any atom is 0.213 e. The minimum atomic E-state index is 0.453. The van der Waals surface area contributed by atoms with Crippen molar-refractivity contribution in [2.24, 2.45) is 22.7 Å². The molecular formula is C15H24N4. The van der Waals surface area contributed by atoms with E-state index in [1.165, 1.54) is 6.42 Å². The maximum absolute atomic E-state index is 5.68. The summed E-state index contributed by atoms with van der Waals surface area (Å²) in [7, 11) is 0. The molecule has 1 aliphatic rings. The van der Waals surface area contributed by atoms with Gasteiger partial charge in [-0.15, -0.1) is 0 Å². The second-order valence-corrected chi connectivity index (χ2v) is 5.63. The van der Waals surface area contributed by atoms with Crippen LogP contribution in [0.1, 0.15) is 27.2 Å². The largest absolute Gasteiger partial charge is 0.338 e. The molecule has 3 atom stereocenters. The van der Waals surface area contributed by atoms with Gasteiger partial charge in [0.25, 0.3) is 0 Å². The normalized spacial score (nSPS) is 28.3. The monoisotopic (exact) mass is 260 g/mol. The Morgan fingerprint density at radius 2 is 1.95 bits per heavy atom. The third-order valence-electron chi connectivity index (χ3n) is 3.99. The Balaban J connectivity index is 2.23. The Hall–Kier alpha value is -1.55. The summed E-state index contributed by atoms with van der Waals surface area (Å²) in [5, 5.41) is 0. The van der Waals surface area contributed by atoms with Crippen LogP contribution in [0.3, 0.4) is 0 Å². The van der Waals surface area contributed by atoms with Gasteiger partial charge in [-0.2, -0.15) is 0 Å². The van der Waals surface area contributed by atoms with Crippen LogP contribution in [0.5, 0.6) is 0 Å². The zero-order valence-electron chi connectivity index (χ0n) is 12.0. The SMILES string of the molecule is CC1CC(C)C(C)N(C(=Nc2ccccc2)NN)C1. The number of para-hydroxylation sites is 1. The molecule has 1 fully saturated rings. The lowest BCUT2D eigenvalue weighted by Gasteiger charge is -2.42. The summed E-state index contributed by atoms with van der Waals surface area (Å²) in [6.45, 7) is 7.83.